The van der Waals surface area contributed by atoms with E-state index in [1.807, 2.05) is 18.2 Å². The summed E-state index contributed by atoms with van der Waals surface area (Å²) in [5.41, 5.74) is 1.89. The molecular formula is C17H21ClN4O2. The molecule has 1 fully saturated rings. The predicted octanol–water partition coefficient (Wildman–Crippen LogP) is 2.18. The largest absolute Gasteiger partial charge is 0.379 e. The van der Waals surface area contributed by atoms with Gasteiger partial charge in [0.2, 0.25) is 0 Å². The maximum atomic E-state index is 12.3. The Morgan fingerprint density at radius 2 is 2.17 bits per heavy atom. The zero-order valence-corrected chi connectivity index (χ0v) is 14.3. The van der Waals surface area contributed by atoms with Gasteiger partial charge in [0.05, 0.1) is 23.9 Å². The Labute approximate surface area is 146 Å². The number of amides is 1. The van der Waals surface area contributed by atoms with Gasteiger partial charge in [0.25, 0.3) is 5.91 Å². The van der Waals surface area contributed by atoms with Crippen LogP contribution in [-0.4, -0.2) is 59.9 Å². The second-order valence-electron chi connectivity index (χ2n) is 5.85. The number of aromatic amines is 1. The molecule has 2 N–H and O–H groups in total. The number of nitrogens with zero attached hydrogens (tertiary/aromatic N) is 2. The molecule has 0 saturated carbocycles. The van der Waals surface area contributed by atoms with E-state index in [0.717, 1.165) is 31.9 Å². The summed E-state index contributed by atoms with van der Waals surface area (Å²) in [6.07, 6.45) is 0. The minimum atomic E-state index is -0.166. The summed E-state index contributed by atoms with van der Waals surface area (Å²) in [5.74, 6) is -0.166. The normalized spacial score (nSPS) is 16.8. The van der Waals surface area contributed by atoms with E-state index in [4.69, 9.17) is 16.3 Å². The second-order valence-corrected chi connectivity index (χ2v) is 6.26. The molecule has 0 aliphatic carbocycles. The van der Waals surface area contributed by atoms with Gasteiger partial charge in [-0.15, -0.1) is 0 Å². The van der Waals surface area contributed by atoms with Crippen LogP contribution in [0.1, 0.15) is 17.4 Å². The number of morpholine rings is 1. The molecule has 3 rings (SSSR count). The van der Waals surface area contributed by atoms with Crippen molar-refractivity contribution >= 4 is 17.5 Å². The highest BCUT2D eigenvalue weighted by atomic mass is 35.5. The minimum absolute atomic E-state index is 0.166. The molecule has 1 saturated heterocycles. The summed E-state index contributed by atoms with van der Waals surface area (Å²) in [7, 11) is 0. The summed E-state index contributed by atoms with van der Waals surface area (Å²) in [4.78, 5) is 14.6. The average molecular weight is 349 g/mol. The fourth-order valence-corrected chi connectivity index (χ4v) is 2.96. The molecule has 0 bridgehead atoms. The van der Waals surface area contributed by atoms with Gasteiger partial charge in [-0.25, -0.2) is 0 Å². The van der Waals surface area contributed by atoms with E-state index in [-0.39, 0.29) is 11.9 Å². The highest BCUT2D eigenvalue weighted by Crippen LogP contribution is 2.26. The number of rotatable bonds is 5. The first-order valence-electron chi connectivity index (χ1n) is 8.05. The van der Waals surface area contributed by atoms with Crippen molar-refractivity contribution in [2.75, 3.05) is 32.8 Å². The third-order valence-electron chi connectivity index (χ3n) is 4.20. The number of ether oxygens (including phenoxy) is 1. The lowest BCUT2D eigenvalue weighted by Crippen LogP contribution is -2.47. The van der Waals surface area contributed by atoms with Crippen LogP contribution in [0.3, 0.4) is 0 Å². The smallest absolute Gasteiger partial charge is 0.269 e. The van der Waals surface area contributed by atoms with Crippen molar-refractivity contribution in [1.29, 1.82) is 0 Å². The van der Waals surface area contributed by atoms with Crippen LogP contribution in [-0.2, 0) is 4.74 Å². The zero-order valence-electron chi connectivity index (χ0n) is 13.6. The van der Waals surface area contributed by atoms with Crippen LogP contribution >= 0.6 is 11.6 Å². The van der Waals surface area contributed by atoms with Crippen LogP contribution in [0.5, 0.6) is 0 Å². The molecule has 0 unspecified atom stereocenters. The van der Waals surface area contributed by atoms with Gasteiger partial charge < -0.3 is 10.1 Å². The molecule has 0 radical (unpaired) electrons. The standard InChI is InChI=1S/C17H21ClN4O2/c1-12(22-6-8-24-9-7-22)11-19-17(23)16-10-15(20-21-16)13-4-2-3-5-14(13)18/h2-5,10,12H,6-9,11H2,1H3,(H,19,23)(H,20,21)/t12-/m1/s1. The van der Waals surface area contributed by atoms with Gasteiger partial charge in [-0.3, -0.25) is 14.8 Å². The van der Waals surface area contributed by atoms with Crippen LogP contribution in [0.4, 0.5) is 0 Å². The lowest BCUT2D eigenvalue weighted by Gasteiger charge is -2.32. The van der Waals surface area contributed by atoms with Gasteiger partial charge in [0.1, 0.15) is 5.69 Å². The van der Waals surface area contributed by atoms with Crippen LogP contribution in [0, 0.1) is 0 Å². The highest BCUT2D eigenvalue weighted by molar-refractivity contribution is 6.33. The number of aromatic nitrogens is 2. The maximum absolute atomic E-state index is 12.3. The topological polar surface area (TPSA) is 70.2 Å². The van der Waals surface area contributed by atoms with Gasteiger partial charge in [0, 0.05) is 31.2 Å². The molecular weight excluding hydrogens is 328 g/mol. The van der Waals surface area contributed by atoms with Crippen LogP contribution in [0.15, 0.2) is 30.3 Å². The van der Waals surface area contributed by atoms with Gasteiger partial charge in [0.15, 0.2) is 0 Å². The molecule has 1 amide bonds. The van der Waals surface area contributed by atoms with Gasteiger partial charge in [-0.05, 0) is 19.1 Å². The minimum Gasteiger partial charge on any atom is -0.379 e. The molecule has 1 aromatic carbocycles. The molecule has 24 heavy (non-hydrogen) atoms. The fraction of sp³-hybridized carbons (Fsp3) is 0.412. The molecule has 2 aromatic rings. The quantitative estimate of drug-likeness (QED) is 0.869. The maximum Gasteiger partial charge on any atom is 0.269 e. The zero-order chi connectivity index (χ0) is 16.9. The van der Waals surface area contributed by atoms with E-state index in [2.05, 4.69) is 27.3 Å². The summed E-state index contributed by atoms with van der Waals surface area (Å²) in [6, 6.07) is 9.41. The van der Waals surface area contributed by atoms with E-state index in [9.17, 15) is 4.79 Å². The Morgan fingerprint density at radius 3 is 2.92 bits per heavy atom. The van der Waals surface area contributed by atoms with Crippen molar-refractivity contribution in [3.63, 3.8) is 0 Å². The third kappa shape index (κ3) is 3.95. The Hall–Kier alpha value is -1.89. The Kier molecular flexibility index (Phi) is 5.50. The van der Waals surface area contributed by atoms with Crippen LogP contribution in [0.25, 0.3) is 11.3 Å². The Bertz CT molecular complexity index is 697. The Morgan fingerprint density at radius 1 is 1.42 bits per heavy atom. The number of hydrogen-bond donors (Lipinski definition) is 2. The third-order valence-corrected chi connectivity index (χ3v) is 4.53. The Balaban J connectivity index is 1.59. The number of hydrogen-bond acceptors (Lipinski definition) is 4. The monoisotopic (exact) mass is 348 g/mol. The molecule has 2 heterocycles. The van der Waals surface area contributed by atoms with E-state index in [1.165, 1.54) is 0 Å². The van der Waals surface area contributed by atoms with Crippen molar-refractivity contribution < 1.29 is 9.53 Å². The predicted molar refractivity (Wildman–Crippen MR) is 93.2 cm³/mol. The molecule has 128 valence electrons. The first kappa shape index (κ1) is 17.0. The fourth-order valence-electron chi connectivity index (χ4n) is 2.73. The second kappa shape index (κ2) is 7.79. The number of carbonyl (C=O) groups excluding carboxylic acids is 1. The molecule has 1 aliphatic heterocycles. The van der Waals surface area contributed by atoms with E-state index < -0.39 is 0 Å². The molecule has 7 heteroatoms. The lowest BCUT2D eigenvalue weighted by molar-refractivity contribution is 0.0204. The number of benzene rings is 1. The van der Waals surface area contributed by atoms with E-state index in [0.29, 0.717) is 23.0 Å². The first-order chi connectivity index (χ1) is 11.6. The van der Waals surface area contributed by atoms with Crippen LogP contribution < -0.4 is 5.32 Å². The summed E-state index contributed by atoms with van der Waals surface area (Å²) in [6.45, 7) is 5.99. The number of H-pyrrole nitrogens is 1. The molecule has 6 nitrogen and oxygen atoms in total. The lowest BCUT2D eigenvalue weighted by atomic mass is 10.1. The van der Waals surface area contributed by atoms with Crippen molar-refractivity contribution in [3.8, 4) is 11.3 Å². The molecule has 1 atom stereocenters. The van der Waals surface area contributed by atoms with Gasteiger partial charge in [-0.2, -0.15) is 5.10 Å². The molecule has 0 spiro atoms. The van der Waals surface area contributed by atoms with Gasteiger partial charge >= 0.3 is 0 Å². The van der Waals surface area contributed by atoms with Crippen molar-refractivity contribution in [1.82, 2.24) is 20.4 Å². The molecule has 1 aromatic heterocycles. The SMILES string of the molecule is C[C@H](CNC(=O)c1cc(-c2ccccc2Cl)n[nH]1)N1CCOCC1. The van der Waals surface area contributed by atoms with E-state index in [1.54, 1.807) is 12.1 Å². The van der Waals surface area contributed by atoms with Crippen molar-refractivity contribution in [3.05, 3.63) is 41.0 Å². The highest BCUT2D eigenvalue weighted by Gasteiger charge is 2.18. The van der Waals surface area contributed by atoms with Gasteiger partial charge in [-0.1, -0.05) is 29.8 Å². The summed E-state index contributed by atoms with van der Waals surface area (Å²) in [5, 5.41) is 10.5. The number of nitrogens with one attached hydrogen (secondary N) is 2. The van der Waals surface area contributed by atoms with Crippen molar-refractivity contribution in [2.24, 2.45) is 0 Å². The average Bonchev–Trinajstić information content (AvgIpc) is 3.10. The van der Waals surface area contributed by atoms with Crippen LogP contribution in [0.2, 0.25) is 5.02 Å². The summed E-state index contributed by atoms with van der Waals surface area (Å²) >= 11 is 6.17. The number of carbonyl (C=O) groups is 1. The van der Waals surface area contributed by atoms with E-state index >= 15 is 0 Å². The number of halogens is 1. The van der Waals surface area contributed by atoms with Crippen molar-refractivity contribution in [2.45, 2.75) is 13.0 Å². The first-order valence-corrected chi connectivity index (χ1v) is 8.43. The molecule has 1 aliphatic rings. The summed E-state index contributed by atoms with van der Waals surface area (Å²) < 4.78 is 5.35.